The van der Waals surface area contributed by atoms with Crippen molar-refractivity contribution in [1.29, 1.82) is 0 Å². The smallest absolute Gasteiger partial charge is 0.408 e. The summed E-state index contributed by atoms with van der Waals surface area (Å²) in [6, 6.07) is 1.83. The molecule has 5 rings (SSSR count). The van der Waals surface area contributed by atoms with E-state index in [0.29, 0.717) is 36.8 Å². The van der Waals surface area contributed by atoms with Gasteiger partial charge in [0.15, 0.2) is 6.10 Å². The number of nitrogens with one attached hydrogen (secondary N) is 2. The molecule has 0 spiro atoms. The molecule has 40 heavy (non-hydrogen) atoms. The third-order valence-electron chi connectivity index (χ3n) is 8.11. The van der Waals surface area contributed by atoms with Crippen LogP contribution in [0, 0.1) is 23.2 Å². The number of amides is 3. The fraction of sp³-hybridized carbons (Fsp3) is 0.621. The second-order valence-electron chi connectivity index (χ2n) is 13.4. The van der Waals surface area contributed by atoms with Gasteiger partial charge in [-0.15, -0.1) is 0 Å². The summed E-state index contributed by atoms with van der Waals surface area (Å²) in [7, 11) is 0. The normalized spacial score (nSPS) is 23.9. The molecule has 3 amide bonds. The highest BCUT2D eigenvalue weighted by molar-refractivity contribution is 6.33. The Hall–Kier alpha value is -3.14. The van der Waals surface area contributed by atoms with Gasteiger partial charge in [0.25, 0.3) is 5.91 Å². The maximum Gasteiger partial charge on any atom is 0.408 e. The number of nitrogens with zero attached hydrogens (tertiary/aromatic N) is 4. The Morgan fingerprint density at radius 1 is 1.12 bits per heavy atom. The van der Waals surface area contributed by atoms with E-state index < -0.39 is 17.7 Å². The number of hydrogen-bond donors (Lipinski definition) is 2. The quantitative estimate of drug-likeness (QED) is 0.546. The molecule has 1 unspecified atom stereocenters. The molecule has 2 N–H and O–H groups in total. The Morgan fingerprint density at radius 2 is 1.80 bits per heavy atom. The second kappa shape index (κ2) is 10.4. The van der Waals surface area contributed by atoms with Crippen molar-refractivity contribution in [3.05, 3.63) is 29.2 Å². The predicted octanol–water partition coefficient (Wildman–Crippen LogP) is 4.52. The topological polar surface area (TPSA) is 118 Å². The van der Waals surface area contributed by atoms with Crippen molar-refractivity contribution < 1.29 is 19.1 Å². The number of halogens is 1. The average Bonchev–Trinajstić information content (AvgIpc) is 3.57. The summed E-state index contributed by atoms with van der Waals surface area (Å²) < 4.78 is 7.33. The van der Waals surface area contributed by atoms with Gasteiger partial charge in [0.2, 0.25) is 5.91 Å². The average molecular weight is 571 g/mol. The Balaban J connectivity index is 1.17. The van der Waals surface area contributed by atoms with Crippen LogP contribution in [0.15, 0.2) is 18.5 Å². The van der Waals surface area contributed by atoms with Crippen molar-refractivity contribution in [3.8, 4) is 11.1 Å². The molecule has 2 fully saturated rings. The predicted molar refractivity (Wildman–Crippen MR) is 152 cm³/mol. The highest BCUT2D eigenvalue weighted by Crippen LogP contribution is 2.43. The van der Waals surface area contributed by atoms with Gasteiger partial charge < -0.3 is 20.3 Å². The number of ether oxygens (including phenoxy) is 1. The second-order valence-corrected chi connectivity index (χ2v) is 13.8. The first-order valence-electron chi connectivity index (χ1n) is 14.0. The standard InChI is InChI=1S/C29H39ClN6O4/c1-16(40-27(39)34-28(2,3)4)26(38)35-13-18-7-17(8-19(18)14-35)25(37)33-24-9-20(22(30)12-31-24)21-11-32-36-15-29(5,6)10-23(21)36/h9,11-12,16-19H,7-8,10,13-15H2,1-6H3,(H,34,39)(H,31,33,37)/t16-,17?,18-,19+/m1/s1. The van der Waals surface area contributed by atoms with Crippen molar-refractivity contribution in [2.45, 2.75) is 79.0 Å². The SMILES string of the molecule is C[C@@H](OC(=O)NC(C)(C)C)C(=O)N1C[C@H]2CC(C(=O)Nc3cc(-c4cnn5c4CC(C)(C)C5)c(Cl)cn3)C[C@H]2C1. The fourth-order valence-corrected chi connectivity index (χ4v) is 6.52. The molecule has 11 heteroatoms. The van der Waals surface area contributed by atoms with Gasteiger partial charge in [-0.3, -0.25) is 14.3 Å². The van der Waals surface area contributed by atoms with Crippen LogP contribution in [-0.4, -0.2) is 62.3 Å². The zero-order valence-corrected chi connectivity index (χ0v) is 24.8. The number of fused-ring (bicyclic) bond motifs is 2. The van der Waals surface area contributed by atoms with Crippen LogP contribution >= 0.6 is 11.6 Å². The monoisotopic (exact) mass is 570 g/mol. The minimum Gasteiger partial charge on any atom is -0.436 e. The van der Waals surface area contributed by atoms with Gasteiger partial charge in [0, 0.05) is 54.1 Å². The molecule has 4 heterocycles. The zero-order chi connectivity index (χ0) is 29.0. The van der Waals surface area contributed by atoms with E-state index in [9.17, 15) is 14.4 Å². The summed E-state index contributed by atoms with van der Waals surface area (Å²) in [6.45, 7) is 13.6. The van der Waals surface area contributed by atoms with Gasteiger partial charge in [0.05, 0.1) is 11.2 Å². The first-order valence-corrected chi connectivity index (χ1v) is 14.4. The molecule has 1 aliphatic carbocycles. The molecule has 1 saturated carbocycles. The zero-order valence-electron chi connectivity index (χ0n) is 24.1. The Bertz CT molecular complexity index is 1320. The largest absolute Gasteiger partial charge is 0.436 e. The van der Waals surface area contributed by atoms with Gasteiger partial charge >= 0.3 is 6.09 Å². The number of alkyl carbamates (subject to hydrolysis) is 1. The maximum atomic E-state index is 13.2. The number of pyridine rings is 1. The van der Waals surface area contributed by atoms with E-state index in [1.807, 2.05) is 37.7 Å². The van der Waals surface area contributed by atoms with Gasteiger partial charge in [-0.25, -0.2) is 9.78 Å². The molecule has 0 radical (unpaired) electrons. The number of carbonyl (C=O) groups excluding carboxylic acids is 3. The van der Waals surface area contributed by atoms with Crippen LogP contribution in [0.4, 0.5) is 10.6 Å². The van der Waals surface area contributed by atoms with Crippen molar-refractivity contribution in [2.75, 3.05) is 18.4 Å². The van der Waals surface area contributed by atoms with Crippen LogP contribution in [-0.2, 0) is 27.3 Å². The minimum atomic E-state index is -0.867. The van der Waals surface area contributed by atoms with Crippen LogP contribution < -0.4 is 10.6 Å². The molecule has 0 bridgehead atoms. The lowest BCUT2D eigenvalue weighted by atomic mass is 9.89. The molecule has 3 aliphatic rings. The Morgan fingerprint density at radius 3 is 2.45 bits per heavy atom. The highest BCUT2D eigenvalue weighted by atomic mass is 35.5. The Labute approximate surface area is 240 Å². The van der Waals surface area contributed by atoms with Crippen LogP contribution in [0.5, 0.6) is 0 Å². The van der Waals surface area contributed by atoms with Gasteiger partial charge in [-0.05, 0) is 70.3 Å². The summed E-state index contributed by atoms with van der Waals surface area (Å²) in [5.41, 5.74) is 2.63. The molecule has 10 nitrogen and oxygen atoms in total. The van der Waals surface area contributed by atoms with E-state index in [-0.39, 0.29) is 35.0 Å². The van der Waals surface area contributed by atoms with E-state index >= 15 is 0 Å². The molecule has 2 aromatic rings. The van der Waals surface area contributed by atoms with E-state index in [4.69, 9.17) is 16.3 Å². The van der Waals surface area contributed by atoms with Crippen molar-refractivity contribution >= 4 is 35.3 Å². The van der Waals surface area contributed by atoms with Crippen molar-refractivity contribution in [3.63, 3.8) is 0 Å². The number of anilines is 1. The first kappa shape index (κ1) is 28.4. The van der Waals surface area contributed by atoms with E-state index in [0.717, 1.165) is 29.8 Å². The minimum absolute atomic E-state index is 0.0648. The molecular formula is C29H39ClN6O4. The lowest BCUT2D eigenvalue weighted by Crippen LogP contribution is -2.45. The lowest BCUT2D eigenvalue weighted by molar-refractivity contribution is -0.138. The van der Waals surface area contributed by atoms with Crippen molar-refractivity contribution in [2.24, 2.45) is 23.2 Å². The number of aromatic nitrogens is 3. The molecule has 0 aromatic carbocycles. The summed E-state index contributed by atoms with van der Waals surface area (Å²) in [5, 5.41) is 10.8. The van der Waals surface area contributed by atoms with E-state index in [2.05, 4.69) is 34.6 Å². The first-order chi connectivity index (χ1) is 18.7. The van der Waals surface area contributed by atoms with Gasteiger partial charge in [0.1, 0.15) is 5.82 Å². The van der Waals surface area contributed by atoms with Gasteiger partial charge in [-0.2, -0.15) is 5.10 Å². The Kier molecular flexibility index (Phi) is 7.35. The molecule has 1 saturated heterocycles. The number of hydrogen-bond acceptors (Lipinski definition) is 6. The summed E-state index contributed by atoms with van der Waals surface area (Å²) in [5.74, 6) is 0.526. The van der Waals surface area contributed by atoms with Crippen LogP contribution in [0.25, 0.3) is 11.1 Å². The number of rotatable bonds is 5. The molecule has 4 atom stereocenters. The molecule has 2 aromatic heterocycles. The maximum absolute atomic E-state index is 13.2. The molecular weight excluding hydrogens is 532 g/mol. The lowest BCUT2D eigenvalue weighted by Gasteiger charge is -2.25. The van der Waals surface area contributed by atoms with Crippen molar-refractivity contribution in [1.82, 2.24) is 25.0 Å². The highest BCUT2D eigenvalue weighted by Gasteiger charge is 2.45. The molecule has 2 aliphatic heterocycles. The fourth-order valence-electron chi connectivity index (χ4n) is 6.31. The van der Waals surface area contributed by atoms with E-state index in [1.54, 1.807) is 18.0 Å². The number of carbonyl (C=O) groups is 3. The third-order valence-corrected chi connectivity index (χ3v) is 8.41. The van der Waals surface area contributed by atoms with Crippen LogP contribution in [0.1, 0.15) is 60.1 Å². The van der Waals surface area contributed by atoms with Gasteiger partial charge in [-0.1, -0.05) is 25.4 Å². The third kappa shape index (κ3) is 5.96. The summed E-state index contributed by atoms with van der Waals surface area (Å²) >= 11 is 6.53. The summed E-state index contributed by atoms with van der Waals surface area (Å²) in [4.78, 5) is 44.3. The number of likely N-dealkylation sites (tertiary alicyclic amines) is 1. The van der Waals surface area contributed by atoms with Crippen LogP contribution in [0.2, 0.25) is 5.02 Å². The molecule has 216 valence electrons. The summed E-state index contributed by atoms with van der Waals surface area (Å²) in [6.07, 6.45) is 4.25. The van der Waals surface area contributed by atoms with E-state index in [1.165, 1.54) is 0 Å². The van der Waals surface area contributed by atoms with Crippen LogP contribution in [0.3, 0.4) is 0 Å².